The summed E-state index contributed by atoms with van der Waals surface area (Å²) in [7, 11) is 1.64. The average Bonchev–Trinajstić information content (AvgIpc) is 2.85. The van der Waals surface area contributed by atoms with Gasteiger partial charge in [0, 0.05) is 20.3 Å². The largest absolute Gasteiger partial charge is 0.380 e. The second-order valence-corrected chi connectivity index (χ2v) is 5.65. The summed E-state index contributed by atoms with van der Waals surface area (Å²) in [5, 5.41) is 4.19. The standard InChI is InChI=1S/C15H27N3O3/c1-3-20-15(8-6-4-5-7-9-15)14-17-13(21-18-14)10-12(11-16)19-2/h12H,3-11,16H2,1-2H3. The van der Waals surface area contributed by atoms with Crippen LogP contribution in [0.15, 0.2) is 4.52 Å². The summed E-state index contributed by atoms with van der Waals surface area (Å²) < 4.78 is 16.7. The fourth-order valence-corrected chi connectivity index (χ4v) is 2.99. The molecule has 0 aliphatic heterocycles. The lowest BCUT2D eigenvalue weighted by Crippen LogP contribution is -2.31. The van der Waals surface area contributed by atoms with Gasteiger partial charge in [-0.2, -0.15) is 4.98 Å². The van der Waals surface area contributed by atoms with Gasteiger partial charge in [-0.1, -0.05) is 30.8 Å². The lowest BCUT2D eigenvalue weighted by atomic mass is 9.93. The number of nitrogens with zero attached hydrogens (tertiary/aromatic N) is 2. The number of rotatable bonds is 7. The molecular weight excluding hydrogens is 270 g/mol. The van der Waals surface area contributed by atoms with Gasteiger partial charge in [0.25, 0.3) is 0 Å². The highest BCUT2D eigenvalue weighted by molar-refractivity contribution is 5.03. The first-order valence-corrected chi connectivity index (χ1v) is 7.94. The molecule has 1 aromatic rings. The average molecular weight is 297 g/mol. The van der Waals surface area contributed by atoms with Gasteiger partial charge in [-0.05, 0) is 19.8 Å². The molecule has 1 saturated carbocycles. The third-order valence-corrected chi connectivity index (χ3v) is 4.21. The highest BCUT2D eigenvalue weighted by Gasteiger charge is 2.38. The van der Waals surface area contributed by atoms with Gasteiger partial charge >= 0.3 is 0 Å². The normalized spacial score (nSPS) is 20.1. The van der Waals surface area contributed by atoms with E-state index in [-0.39, 0.29) is 11.7 Å². The van der Waals surface area contributed by atoms with E-state index in [1.54, 1.807) is 7.11 Å². The lowest BCUT2D eigenvalue weighted by molar-refractivity contribution is -0.0636. The minimum atomic E-state index is -0.377. The fraction of sp³-hybridized carbons (Fsp3) is 0.867. The van der Waals surface area contributed by atoms with E-state index in [1.165, 1.54) is 12.8 Å². The van der Waals surface area contributed by atoms with Crippen molar-refractivity contribution in [1.82, 2.24) is 10.1 Å². The van der Waals surface area contributed by atoms with E-state index in [1.807, 2.05) is 6.92 Å². The molecular formula is C15H27N3O3. The molecule has 120 valence electrons. The van der Waals surface area contributed by atoms with Crippen LogP contribution in [0.2, 0.25) is 0 Å². The van der Waals surface area contributed by atoms with Crippen molar-refractivity contribution >= 4 is 0 Å². The molecule has 0 radical (unpaired) electrons. The summed E-state index contributed by atoms with van der Waals surface area (Å²) in [6.07, 6.45) is 7.17. The smallest absolute Gasteiger partial charge is 0.229 e. The molecule has 1 aliphatic carbocycles. The second-order valence-electron chi connectivity index (χ2n) is 5.65. The van der Waals surface area contributed by atoms with Crippen LogP contribution in [-0.4, -0.2) is 36.5 Å². The molecule has 1 heterocycles. The summed E-state index contributed by atoms with van der Waals surface area (Å²) in [6.45, 7) is 3.11. The number of methoxy groups -OCH3 is 1. The molecule has 6 nitrogen and oxygen atoms in total. The molecule has 6 heteroatoms. The predicted molar refractivity (Wildman–Crippen MR) is 78.9 cm³/mol. The van der Waals surface area contributed by atoms with Crippen LogP contribution in [-0.2, 0) is 21.5 Å². The van der Waals surface area contributed by atoms with Crippen LogP contribution >= 0.6 is 0 Å². The second kappa shape index (κ2) is 7.87. The highest BCUT2D eigenvalue weighted by atomic mass is 16.5. The SMILES string of the molecule is CCOC1(c2noc(CC(CN)OC)n2)CCCCCC1. The van der Waals surface area contributed by atoms with Crippen LogP contribution < -0.4 is 5.73 Å². The van der Waals surface area contributed by atoms with Crippen molar-refractivity contribution in [1.29, 1.82) is 0 Å². The fourth-order valence-electron chi connectivity index (χ4n) is 2.99. The summed E-state index contributed by atoms with van der Waals surface area (Å²) in [5.41, 5.74) is 5.26. The zero-order chi connectivity index (χ0) is 15.1. The molecule has 0 amide bonds. The van der Waals surface area contributed by atoms with E-state index in [0.717, 1.165) is 25.7 Å². The Morgan fingerprint density at radius 1 is 1.29 bits per heavy atom. The Morgan fingerprint density at radius 2 is 2.00 bits per heavy atom. The Labute approximate surface area is 126 Å². The van der Waals surface area contributed by atoms with Crippen molar-refractivity contribution in [2.45, 2.75) is 63.6 Å². The molecule has 0 saturated heterocycles. The van der Waals surface area contributed by atoms with Gasteiger partial charge in [-0.25, -0.2) is 0 Å². The molecule has 1 unspecified atom stereocenters. The maximum absolute atomic E-state index is 6.07. The van der Waals surface area contributed by atoms with Crippen LogP contribution in [0, 0.1) is 0 Å². The molecule has 0 bridgehead atoms. The topological polar surface area (TPSA) is 83.4 Å². The first-order chi connectivity index (χ1) is 10.2. The van der Waals surface area contributed by atoms with Gasteiger partial charge in [-0.3, -0.25) is 0 Å². The van der Waals surface area contributed by atoms with E-state index in [2.05, 4.69) is 10.1 Å². The number of hydrogen-bond acceptors (Lipinski definition) is 6. The molecule has 1 aliphatic rings. The van der Waals surface area contributed by atoms with Gasteiger partial charge in [0.05, 0.1) is 12.5 Å². The molecule has 1 fully saturated rings. The number of aromatic nitrogens is 2. The number of nitrogens with two attached hydrogens (primary N) is 1. The maximum Gasteiger partial charge on any atom is 0.229 e. The van der Waals surface area contributed by atoms with E-state index < -0.39 is 0 Å². The Kier molecular flexibility index (Phi) is 6.14. The van der Waals surface area contributed by atoms with Gasteiger partial charge in [0.15, 0.2) is 0 Å². The predicted octanol–water partition coefficient (Wildman–Crippen LogP) is 2.17. The third kappa shape index (κ3) is 4.02. The van der Waals surface area contributed by atoms with Crippen molar-refractivity contribution in [2.24, 2.45) is 5.73 Å². The molecule has 1 atom stereocenters. The number of hydrogen-bond donors (Lipinski definition) is 1. The lowest BCUT2D eigenvalue weighted by Gasteiger charge is -2.29. The van der Waals surface area contributed by atoms with Crippen molar-refractivity contribution in [3.05, 3.63) is 11.7 Å². The Balaban J connectivity index is 2.15. The molecule has 0 spiro atoms. The molecule has 2 rings (SSSR count). The van der Waals surface area contributed by atoms with E-state index in [9.17, 15) is 0 Å². The van der Waals surface area contributed by atoms with Crippen LogP contribution in [0.3, 0.4) is 0 Å². The Morgan fingerprint density at radius 3 is 2.57 bits per heavy atom. The van der Waals surface area contributed by atoms with Gasteiger partial charge in [-0.15, -0.1) is 0 Å². The van der Waals surface area contributed by atoms with Gasteiger partial charge < -0.3 is 19.7 Å². The van der Waals surface area contributed by atoms with Crippen LogP contribution in [0.4, 0.5) is 0 Å². The van der Waals surface area contributed by atoms with E-state index in [4.69, 9.17) is 19.7 Å². The van der Waals surface area contributed by atoms with Gasteiger partial charge in [0.2, 0.25) is 11.7 Å². The van der Waals surface area contributed by atoms with Crippen LogP contribution in [0.25, 0.3) is 0 Å². The minimum absolute atomic E-state index is 0.0875. The first-order valence-electron chi connectivity index (χ1n) is 7.94. The van der Waals surface area contributed by atoms with Crippen molar-refractivity contribution in [3.63, 3.8) is 0 Å². The molecule has 1 aromatic heterocycles. The monoisotopic (exact) mass is 297 g/mol. The minimum Gasteiger partial charge on any atom is -0.380 e. The summed E-state index contributed by atoms with van der Waals surface area (Å²) in [6, 6.07) is 0. The number of ether oxygens (including phenoxy) is 2. The van der Waals surface area contributed by atoms with Crippen LogP contribution in [0.1, 0.15) is 57.2 Å². The third-order valence-electron chi connectivity index (χ3n) is 4.21. The molecule has 21 heavy (non-hydrogen) atoms. The summed E-state index contributed by atoms with van der Waals surface area (Å²) >= 11 is 0. The van der Waals surface area contributed by atoms with E-state index >= 15 is 0 Å². The molecule has 0 aromatic carbocycles. The van der Waals surface area contributed by atoms with Crippen LogP contribution in [0.5, 0.6) is 0 Å². The quantitative estimate of drug-likeness (QED) is 0.777. The maximum atomic E-state index is 6.07. The Hall–Kier alpha value is -0.980. The van der Waals surface area contributed by atoms with Crippen molar-refractivity contribution < 1.29 is 14.0 Å². The zero-order valence-electron chi connectivity index (χ0n) is 13.1. The highest BCUT2D eigenvalue weighted by Crippen LogP contribution is 2.38. The first kappa shape index (κ1) is 16.4. The van der Waals surface area contributed by atoms with Gasteiger partial charge in [0.1, 0.15) is 5.60 Å². The zero-order valence-corrected chi connectivity index (χ0v) is 13.1. The van der Waals surface area contributed by atoms with Crippen molar-refractivity contribution in [3.8, 4) is 0 Å². The molecule has 2 N–H and O–H groups in total. The van der Waals surface area contributed by atoms with Crippen molar-refractivity contribution in [2.75, 3.05) is 20.3 Å². The summed E-state index contributed by atoms with van der Waals surface area (Å²) in [4.78, 5) is 4.56. The van der Waals surface area contributed by atoms with E-state index in [0.29, 0.717) is 31.3 Å². The summed E-state index contributed by atoms with van der Waals surface area (Å²) in [5.74, 6) is 1.26. The Bertz CT molecular complexity index is 410.